The van der Waals surface area contributed by atoms with Crippen molar-refractivity contribution in [2.24, 2.45) is 5.10 Å². The van der Waals surface area contributed by atoms with Gasteiger partial charge in [-0.15, -0.1) is 10.2 Å². The Hall–Kier alpha value is -3.91. The van der Waals surface area contributed by atoms with Crippen LogP contribution in [0.1, 0.15) is 60.4 Å². The van der Waals surface area contributed by atoms with Gasteiger partial charge < -0.3 is 14.7 Å². The van der Waals surface area contributed by atoms with E-state index in [1.807, 2.05) is 12.3 Å². The van der Waals surface area contributed by atoms with Crippen molar-refractivity contribution >= 4 is 11.7 Å². The van der Waals surface area contributed by atoms with E-state index in [9.17, 15) is 13.2 Å². The Balaban J connectivity index is 1.03. The molecule has 3 aliphatic rings. The topological polar surface area (TPSA) is 65.7 Å². The third kappa shape index (κ3) is 6.07. The maximum absolute atomic E-state index is 13.3. The number of alkyl halides is 3. The SMILES string of the molecule is CCN1CCN(c2ccc(C#Cc3ccc(C4CCN(C5=Nn6c(nnc6C(F)(F)F)CC5)CC4)cc3)cn2)CC1. The van der Waals surface area contributed by atoms with Crippen molar-refractivity contribution in [3.8, 4) is 11.8 Å². The first-order valence-electron chi connectivity index (χ1n) is 14.3. The molecule has 0 bridgehead atoms. The first-order chi connectivity index (χ1) is 19.9. The summed E-state index contributed by atoms with van der Waals surface area (Å²) in [7, 11) is 0. The van der Waals surface area contributed by atoms with Crippen LogP contribution in [0.2, 0.25) is 0 Å². The fourth-order valence-corrected chi connectivity index (χ4v) is 5.75. The monoisotopic (exact) mass is 562 g/mol. The van der Waals surface area contributed by atoms with Crippen molar-refractivity contribution in [2.75, 3.05) is 50.7 Å². The zero-order chi connectivity index (χ0) is 28.4. The molecule has 2 aromatic heterocycles. The fourth-order valence-electron chi connectivity index (χ4n) is 5.75. The number of piperazine rings is 1. The van der Waals surface area contributed by atoms with Crippen LogP contribution in [0.3, 0.4) is 0 Å². The highest BCUT2D eigenvalue weighted by Crippen LogP contribution is 2.32. The maximum Gasteiger partial charge on any atom is 0.453 e. The third-order valence-corrected chi connectivity index (χ3v) is 8.23. The molecule has 6 rings (SSSR count). The van der Waals surface area contributed by atoms with Gasteiger partial charge in [0.2, 0.25) is 0 Å². The second kappa shape index (κ2) is 11.5. The molecule has 0 aliphatic carbocycles. The van der Waals surface area contributed by atoms with E-state index in [4.69, 9.17) is 0 Å². The van der Waals surface area contributed by atoms with Gasteiger partial charge >= 0.3 is 6.18 Å². The molecule has 5 heterocycles. The number of amidine groups is 1. The number of nitrogens with zero attached hydrogens (tertiary/aromatic N) is 8. The molecule has 8 nitrogen and oxygen atoms in total. The molecule has 214 valence electrons. The minimum absolute atomic E-state index is 0.258. The average Bonchev–Trinajstić information content (AvgIpc) is 3.45. The second-order valence-electron chi connectivity index (χ2n) is 10.7. The van der Waals surface area contributed by atoms with E-state index in [-0.39, 0.29) is 5.82 Å². The Morgan fingerprint density at radius 3 is 2.20 bits per heavy atom. The van der Waals surface area contributed by atoms with Crippen LogP contribution >= 0.6 is 0 Å². The van der Waals surface area contributed by atoms with Gasteiger partial charge in [0, 0.05) is 69.4 Å². The zero-order valence-corrected chi connectivity index (χ0v) is 23.1. The molecule has 0 N–H and O–H groups in total. The van der Waals surface area contributed by atoms with Crippen LogP contribution in [0.4, 0.5) is 19.0 Å². The van der Waals surface area contributed by atoms with E-state index in [0.717, 1.165) is 80.3 Å². The summed E-state index contributed by atoms with van der Waals surface area (Å²) in [5.41, 5.74) is 3.10. The molecule has 2 saturated heterocycles. The van der Waals surface area contributed by atoms with Gasteiger partial charge in [-0.1, -0.05) is 30.9 Å². The first-order valence-corrected chi connectivity index (χ1v) is 14.3. The number of hydrogen-bond acceptors (Lipinski definition) is 7. The number of anilines is 1. The molecule has 0 atom stereocenters. The third-order valence-electron chi connectivity index (χ3n) is 8.23. The average molecular weight is 563 g/mol. The van der Waals surface area contributed by atoms with E-state index in [0.29, 0.717) is 24.6 Å². The molecule has 2 fully saturated rings. The summed E-state index contributed by atoms with van der Waals surface area (Å²) in [4.78, 5) is 11.5. The zero-order valence-electron chi connectivity index (χ0n) is 23.1. The quantitative estimate of drug-likeness (QED) is 0.446. The van der Waals surface area contributed by atoms with E-state index >= 15 is 0 Å². The first kappa shape index (κ1) is 27.3. The number of halogens is 3. The van der Waals surface area contributed by atoms with Crippen molar-refractivity contribution in [2.45, 2.75) is 44.7 Å². The molecule has 1 aromatic carbocycles. The van der Waals surface area contributed by atoms with Crippen LogP contribution in [-0.2, 0) is 12.6 Å². The van der Waals surface area contributed by atoms with Crippen LogP contribution in [0.5, 0.6) is 0 Å². The molecule has 0 radical (unpaired) electrons. The van der Waals surface area contributed by atoms with Crippen LogP contribution in [0.25, 0.3) is 0 Å². The predicted octanol–water partition coefficient (Wildman–Crippen LogP) is 4.22. The molecule has 11 heteroatoms. The minimum Gasteiger partial charge on any atom is -0.359 e. The van der Waals surface area contributed by atoms with Gasteiger partial charge in [0.1, 0.15) is 11.7 Å². The number of fused-ring (bicyclic) bond motifs is 1. The number of hydrogen-bond donors (Lipinski definition) is 0. The number of benzene rings is 1. The lowest BCUT2D eigenvalue weighted by Crippen LogP contribution is -2.46. The highest BCUT2D eigenvalue weighted by molar-refractivity contribution is 5.83. The number of aryl methyl sites for hydroxylation is 1. The molecular formula is C30H33F3N8. The lowest BCUT2D eigenvalue weighted by Gasteiger charge is -2.35. The Bertz CT molecular complexity index is 1430. The second-order valence-corrected chi connectivity index (χ2v) is 10.7. The van der Waals surface area contributed by atoms with Gasteiger partial charge in [-0.05, 0) is 55.1 Å². The summed E-state index contributed by atoms with van der Waals surface area (Å²) in [6.45, 7) is 8.93. The summed E-state index contributed by atoms with van der Waals surface area (Å²) in [5.74, 6) is 7.75. The fraction of sp³-hybridized carbons (Fsp3) is 0.467. The van der Waals surface area contributed by atoms with Crippen molar-refractivity contribution in [3.05, 3.63) is 70.9 Å². The standard InChI is InChI=1S/C30H33F3N8/c1-2-38-17-19-40(20-18-38)26-10-7-23(21-34-26)4-3-22-5-8-24(9-6-22)25-13-15-39(16-14-25)28-12-11-27-35-36-29(30(31,32)33)41(27)37-28/h5-10,21,25H,2,11-20H2,1H3. The van der Waals surface area contributed by atoms with E-state index < -0.39 is 12.0 Å². The largest absolute Gasteiger partial charge is 0.453 e. The van der Waals surface area contributed by atoms with Crippen molar-refractivity contribution < 1.29 is 13.2 Å². The summed E-state index contributed by atoms with van der Waals surface area (Å²) in [5, 5.41) is 11.3. The summed E-state index contributed by atoms with van der Waals surface area (Å²) >= 11 is 0. The van der Waals surface area contributed by atoms with Crippen LogP contribution in [-0.4, -0.2) is 81.3 Å². The number of piperidine rings is 1. The number of likely N-dealkylation sites (tertiary alicyclic amines) is 1. The molecular weight excluding hydrogens is 529 g/mol. The highest BCUT2D eigenvalue weighted by atomic mass is 19.4. The van der Waals surface area contributed by atoms with Crippen LogP contribution in [0, 0.1) is 11.8 Å². The number of aromatic nitrogens is 4. The summed E-state index contributed by atoms with van der Waals surface area (Å²) < 4.78 is 40.6. The Morgan fingerprint density at radius 2 is 1.54 bits per heavy atom. The van der Waals surface area contributed by atoms with Crippen molar-refractivity contribution in [3.63, 3.8) is 0 Å². The number of rotatable bonds is 3. The van der Waals surface area contributed by atoms with E-state index in [1.54, 1.807) is 0 Å². The van der Waals surface area contributed by atoms with Gasteiger partial charge in [0.15, 0.2) is 5.82 Å². The molecule has 0 amide bonds. The van der Waals surface area contributed by atoms with Gasteiger partial charge in [-0.25, -0.2) is 4.98 Å². The number of pyridine rings is 1. The van der Waals surface area contributed by atoms with Crippen LogP contribution in [0.15, 0.2) is 47.7 Å². The lowest BCUT2D eigenvalue weighted by atomic mass is 9.89. The predicted molar refractivity (Wildman–Crippen MR) is 151 cm³/mol. The molecule has 41 heavy (non-hydrogen) atoms. The van der Waals surface area contributed by atoms with E-state index in [1.165, 1.54) is 5.56 Å². The van der Waals surface area contributed by atoms with Crippen molar-refractivity contribution in [1.29, 1.82) is 0 Å². The molecule has 3 aliphatic heterocycles. The highest BCUT2D eigenvalue weighted by Gasteiger charge is 2.40. The van der Waals surface area contributed by atoms with Gasteiger partial charge in [-0.3, -0.25) is 0 Å². The lowest BCUT2D eigenvalue weighted by molar-refractivity contribution is -0.147. The maximum atomic E-state index is 13.3. The molecule has 0 spiro atoms. The van der Waals surface area contributed by atoms with Crippen molar-refractivity contribution in [1.82, 2.24) is 29.7 Å². The summed E-state index contributed by atoms with van der Waals surface area (Å²) in [6, 6.07) is 12.5. The Morgan fingerprint density at radius 1 is 0.829 bits per heavy atom. The van der Waals surface area contributed by atoms with Gasteiger partial charge in [0.25, 0.3) is 5.82 Å². The minimum atomic E-state index is -4.58. The normalized spacial score (nSPS) is 18.5. The molecule has 0 saturated carbocycles. The molecule has 3 aromatic rings. The van der Waals surface area contributed by atoms with Gasteiger partial charge in [-0.2, -0.15) is 22.9 Å². The summed E-state index contributed by atoms with van der Waals surface area (Å²) in [6.07, 6.45) is 0.0738. The Labute approximate surface area is 237 Å². The smallest absolute Gasteiger partial charge is 0.359 e. The number of likely N-dealkylation sites (N-methyl/N-ethyl adjacent to an activating group) is 1. The molecule has 0 unspecified atom stereocenters. The van der Waals surface area contributed by atoms with Gasteiger partial charge in [0.05, 0.1) is 0 Å². The Kier molecular flexibility index (Phi) is 7.67. The van der Waals surface area contributed by atoms with Crippen LogP contribution < -0.4 is 4.90 Å². The van der Waals surface area contributed by atoms with E-state index in [2.05, 4.69) is 84.1 Å².